The lowest BCUT2D eigenvalue weighted by atomic mass is 10.3. The Morgan fingerprint density at radius 2 is 2.22 bits per heavy atom. The zero-order valence-corrected chi connectivity index (χ0v) is 4.40. The molecule has 1 aliphatic rings. The summed E-state index contributed by atoms with van der Waals surface area (Å²) in [6, 6.07) is 0. The average Bonchev–Trinajstić information content (AvgIpc) is 1.93. The van der Waals surface area contributed by atoms with Crippen LogP contribution in [0.25, 0.3) is 0 Å². The summed E-state index contributed by atoms with van der Waals surface area (Å²) >= 11 is 0. The SMILES string of the molecule is [2H]C1OC=C(O)C(O)=C1O. The smallest absolute Gasteiger partial charge is 0.202 e. The molecule has 1 heterocycles. The maximum absolute atomic E-state index is 8.73. The van der Waals surface area contributed by atoms with Crippen molar-refractivity contribution in [2.45, 2.75) is 0 Å². The second-order valence-corrected chi connectivity index (χ2v) is 1.49. The van der Waals surface area contributed by atoms with Crippen molar-refractivity contribution in [1.82, 2.24) is 0 Å². The zero-order valence-electron chi connectivity index (χ0n) is 5.40. The van der Waals surface area contributed by atoms with E-state index in [4.69, 9.17) is 16.7 Å². The van der Waals surface area contributed by atoms with Crippen molar-refractivity contribution < 1.29 is 21.4 Å². The van der Waals surface area contributed by atoms with Crippen molar-refractivity contribution in [3.63, 3.8) is 0 Å². The molecule has 1 aliphatic heterocycles. The van der Waals surface area contributed by atoms with Gasteiger partial charge >= 0.3 is 0 Å². The molecule has 0 radical (unpaired) electrons. The Morgan fingerprint density at radius 1 is 1.56 bits per heavy atom. The van der Waals surface area contributed by atoms with Crippen LogP contribution in [0.2, 0.25) is 0 Å². The highest BCUT2D eigenvalue weighted by Gasteiger charge is 2.13. The maximum atomic E-state index is 8.73. The molecule has 0 aliphatic carbocycles. The summed E-state index contributed by atoms with van der Waals surface area (Å²) in [6.45, 7) is -1.34. The number of hydrogen-bond donors (Lipinski definition) is 3. The number of hydrogen-bond acceptors (Lipinski definition) is 4. The second-order valence-electron chi connectivity index (χ2n) is 1.49. The van der Waals surface area contributed by atoms with Gasteiger partial charge in [0.2, 0.25) is 5.76 Å². The fraction of sp³-hybridized carbons (Fsp3) is 0.200. The molecule has 0 bridgehead atoms. The molecule has 0 aromatic heterocycles. The normalized spacial score (nSPS) is 28.7. The van der Waals surface area contributed by atoms with E-state index in [0.717, 1.165) is 6.26 Å². The molecule has 0 spiro atoms. The van der Waals surface area contributed by atoms with Gasteiger partial charge in [-0.25, -0.2) is 0 Å². The highest BCUT2D eigenvalue weighted by molar-refractivity contribution is 5.21. The van der Waals surface area contributed by atoms with Crippen molar-refractivity contribution in [3.05, 3.63) is 23.5 Å². The van der Waals surface area contributed by atoms with Crippen molar-refractivity contribution in [2.24, 2.45) is 0 Å². The van der Waals surface area contributed by atoms with Gasteiger partial charge in [0, 0.05) is 0 Å². The largest absolute Gasteiger partial charge is 0.505 e. The van der Waals surface area contributed by atoms with E-state index in [1.165, 1.54) is 0 Å². The Balaban J connectivity index is 2.94. The van der Waals surface area contributed by atoms with E-state index >= 15 is 0 Å². The van der Waals surface area contributed by atoms with E-state index in [0.29, 0.717) is 0 Å². The Labute approximate surface area is 52.7 Å². The van der Waals surface area contributed by atoms with Crippen molar-refractivity contribution in [3.8, 4) is 0 Å². The lowest BCUT2D eigenvalue weighted by Gasteiger charge is -2.08. The van der Waals surface area contributed by atoms with Gasteiger partial charge < -0.3 is 20.1 Å². The fourth-order valence-electron chi connectivity index (χ4n) is 0.406. The van der Waals surface area contributed by atoms with Crippen LogP contribution >= 0.6 is 0 Å². The van der Waals surface area contributed by atoms with Gasteiger partial charge in [-0.1, -0.05) is 0 Å². The van der Waals surface area contributed by atoms with Gasteiger partial charge in [0.1, 0.15) is 12.8 Å². The predicted molar refractivity (Wildman–Crippen MR) is 28.9 cm³/mol. The lowest BCUT2D eigenvalue weighted by molar-refractivity contribution is 0.163. The highest BCUT2D eigenvalue weighted by atomic mass is 16.5. The van der Waals surface area contributed by atoms with Gasteiger partial charge in [-0.2, -0.15) is 0 Å². The van der Waals surface area contributed by atoms with E-state index in [2.05, 4.69) is 4.74 Å². The summed E-state index contributed by atoms with van der Waals surface area (Å²) in [5.74, 6) is -1.95. The molecule has 3 N–H and O–H groups in total. The van der Waals surface area contributed by atoms with Gasteiger partial charge in [-0.3, -0.25) is 0 Å². The van der Waals surface area contributed by atoms with Gasteiger partial charge in [0.15, 0.2) is 11.5 Å². The number of aliphatic hydroxyl groups is 3. The Hall–Kier alpha value is -1.32. The Bertz CT molecular complexity index is 208. The molecule has 50 valence electrons. The fourth-order valence-corrected chi connectivity index (χ4v) is 0.406. The van der Waals surface area contributed by atoms with Crippen LogP contribution in [0.15, 0.2) is 23.5 Å². The number of ether oxygens (including phenoxy) is 1. The summed E-state index contributed by atoms with van der Waals surface area (Å²) < 4.78 is 11.2. The van der Waals surface area contributed by atoms with Gasteiger partial charge in [-0.05, 0) is 0 Å². The monoisotopic (exact) mass is 131 g/mol. The molecule has 4 heteroatoms. The minimum Gasteiger partial charge on any atom is -0.505 e. The molecule has 4 nitrogen and oxygen atoms in total. The van der Waals surface area contributed by atoms with E-state index in [1.54, 1.807) is 0 Å². The lowest BCUT2D eigenvalue weighted by Crippen LogP contribution is -2.06. The van der Waals surface area contributed by atoms with E-state index in [-0.39, 0.29) is 0 Å². The topological polar surface area (TPSA) is 69.9 Å². The molecule has 0 amide bonds. The Kier molecular flexibility index (Phi) is 0.955. The summed E-state index contributed by atoms with van der Waals surface area (Å²) in [6.07, 6.45) is 0.798. The zero-order chi connectivity index (χ0) is 7.72. The van der Waals surface area contributed by atoms with Crippen LogP contribution in [-0.4, -0.2) is 21.9 Å². The summed E-state index contributed by atoms with van der Waals surface area (Å²) in [5, 5.41) is 26.1. The third-order valence-corrected chi connectivity index (χ3v) is 0.845. The molecule has 1 atom stereocenters. The second kappa shape index (κ2) is 1.89. The molecule has 0 saturated carbocycles. The average molecular weight is 131 g/mol. The molecule has 1 rings (SSSR count). The van der Waals surface area contributed by atoms with Crippen LogP contribution in [-0.2, 0) is 4.74 Å². The van der Waals surface area contributed by atoms with Crippen molar-refractivity contribution >= 4 is 0 Å². The van der Waals surface area contributed by atoms with Gasteiger partial charge in [0.05, 0.1) is 1.37 Å². The van der Waals surface area contributed by atoms with Crippen molar-refractivity contribution in [2.75, 3.05) is 6.58 Å². The number of aliphatic hydroxyl groups excluding tert-OH is 3. The molecule has 0 aromatic carbocycles. The van der Waals surface area contributed by atoms with Gasteiger partial charge in [0.25, 0.3) is 0 Å². The first-order valence-electron chi connectivity index (χ1n) is 2.80. The molecule has 0 saturated heterocycles. The molecular formula is C5H6O4. The molecule has 0 fully saturated rings. The predicted octanol–water partition coefficient (Wildman–Crippen LogP) is 0.744. The quantitative estimate of drug-likeness (QED) is 0.453. The van der Waals surface area contributed by atoms with E-state index in [9.17, 15) is 0 Å². The van der Waals surface area contributed by atoms with Crippen LogP contribution in [0.5, 0.6) is 0 Å². The van der Waals surface area contributed by atoms with Gasteiger partial charge in [-0.15, -0.1) is 0 Å². The first-order chi connectivity index (χ1) is 4.63. The first-order valence-corrected chi connectivity index (χ1v) is 2.22. The third kappa shape index (κ3) is 0.910. The van der Waals surface area contributed by atoms with E-state index < -0.39 is 23.9 Å². The highest BCUT2D eigenvalue weighted by Crippen LogP contribution is 2.12. The first kappa shape index (κ1) is 4.55. The minimum absolute atomic E-state index is 0.569. The van der Waals surface area contributed by atoms with Crippen LogP contribution < -0.4 is 0 Å². The van der Waals surface area contributed by atoms with Crippen LogP contribution in [0.4, 0.5) is 0 Å². The summed E-state index contributed by atoms with van der Waals surface area (Å²) in [4.78, 5) is 0. The minimum atomic E-state index is -1.34. The standard InChI is InChI=1S/C5H6O4/c6-3-1-9-2-4(7)5(3)8/h1,6-8H,2H2/i2D. The molecule has 9 heavy (non-hydrogen) atoms. The van der Waals surface area contributed by atoms with Crippen molar-refractivity contribution in [1.29, 1.82) is 0 Å². The molecular weight excluding hydrogens is 124 g/mol. The number of rotatable bonds is 0. The Morgan fingerprint density at radius 3 is 2.78 bits per heavy atom. The molecule has 0 aromatic rings. The summed E-state index contributed by atoms with van der Waals surface area (Å²) in [5.41, 5.74) is 0. The summed E-state index contributed by atoms with van der Waals surface area (Å²) in [7, 11) is 0. The van der Waals surface area contributed by atoms with Crippen LogP contribution in [0.3, 0.4) is 0 Å². The molecule has 1 unspecified atom stereocenters. The van der Waals surface area contributed by atoms with Crippen LogP contribution in [0.1, 0.15) is 1.37 Å². The third-order valence-electron chi connectivity index (χ3n) is 0.845. The van der Waals surface area contributed by atoms with E-state index in [1.807, 2.05) is 0 Å². The maximum Gasteiger partial charge on any atom is 0.202 e. The van der Waals surface area contributed by atoms with Crippen LogP contribution in [0, 0.1) is 0 Å².